The Morgan fingerprint density at radius 2 is 1.89 bits per heavy atom. The van der Waals surface area contributed by atoms with Crippen LogP contribution in [0, 0.1) is 17.8 Å². The molecule has 0 rings (SSSR count). The van der Waals surface area contributed by atoms with Crippen LogP contribution in [0.3, 0.4) is 0 Å². The predicted octanol–water partition coefficient (Wildman–Crippen LogP) is 1.61. The number of rotatable bonds is 10. The third-order valence-corrected chi connectivity index (χ3v) is 3.63. The van der Waals surface area contributed by atoms with E-state index in [4.69, 9.17) is 10.8 Å². The Morgan fingerprint density at radius 3 is 2.32 bits per heavy atom. The Morgan fingerprint density at radius 1 is 1.26 bits per heavy atom. The first-order valence-corrected chi connectivity index (χ1v) is 7.11. The Labute approximate surface area is 115 Å². The van der Waals surface area contributed by atoms with Crippen LogP contribution in [0.15, 0.2) is 0 Å². The molecule has 0 aromatic rings. The Hall–Kier alpha value is -1.10. The highest BCUT2D eigenvalue weighted by atomic mass is 16.4. The normalized spacial score (nSPS) is 14.2. The van der Waals surface area contributed by atoms with Gasteiger partial charge in [0.2, 0.25) is 5.91 Å². The zero-order valence-corrected chi connectivity index (χ0v) is 12.3. The van der Waals surface area contributed by atoms with E-state index in [9.17, 15) is 9.59 Å². The van der Waals surface area contributed by atoms with Gasteiger partial charge >= 0.3 is 5.97 Å². The number of nitrogens with two attached hydrogens (primary N) is 1. The maximum absolute atomic E-state index is 11.7. The van der Waals surface area contributed by atoms with Crippen molar-refractivity contribution >= 4 is 11.9 Å². The summed E-state index contributed by atoms with van der Waals surface area (Å²) in [5.74, 6) is -0.117. The molecule has 5 nitrogen and oxygen atoms in total. The number of aliphatic carboxylic acids is 1. The highest BCUT2D eigenvalue weighted by Gasteiger charge is 2.17. The molecule has 1 amide bonds. The molecule has 2 unspecified atom stereocenters. The molecule has 0 aliphatic heterocycles. The molecule has 4 N–H and O–H groups in total. The lowest BCUT2D eigenvalue weighted by molar-refractivity contribution is -0.137. The monoisotopic (exact) mass is 272 g/mol. The van der Waals surface area contributed by atoms with Crippen molar-refractivity contribution in [1.82, 2.24) is 5.32 Å². The molecular formula is C14H28N2O3. The summed E-state index contributed by atoms with van der Waals surface area (Å²) in [7, 11) is 0. The molecule has 2 atom stereocenters. The lowest BCUT2D eigenvalue weighted by Gasteiger charge is -2.21. The number of carbonyl (C=O) groups excluding carboxylic acids is 1. The topological polar surface area (TPSA) is 92.4 Å². The van der Waals surface area contributed by atoms with Crippen LogP contribution in [0.4, 0.5) is 0 Å². The lowest BCUT2D eigenvalue weighted by Crippen LogP contribution is -2.36. The van der Waals surface area contributed by atoms with Gasteiger partial charge in [-0.1, -0.05) is 20.8 Å². The number of carbonyl (C=O) groups is 2. The van der Waals surface area contributed by atoms with Crippen LogP contribution in [0.5, 0.6) is 0 Å². The minimum Gasteiger partial charge on any atom is -0.481 e. The largest absolute Gasteiger partial charge is 0.481 e. The Balaban J connectivity index is 4.05. The van der Waals surface area contributed by atoms with Gasteiger partial charge in [-0.3, -0.25) is 9.59 Å². The average Bonchev–Trinajstić information content (AvgIpc) is 2.34. The fourth-order valence-corrected chi connectivity index (χ4v) is 2.10. The summed E-state index contributed by atoms with van der Waals surface area (Å²) in [5, 5.41) is 11.6. The zero-order chi connectivity index (χ0) is 14.8. The highest BCUT2D eigenvalue weighted by Crippen LogP contribution is 2.20. The minimum absolute atomic E-state index is 0.00532. The van der Waals surface area contributed by atoms with E-state index in [-0.39, 0.29) is 18.2 Å². The third kappa shape index (κ3) is 7.82. The number of nitrogens with one attached hydrogen (secondary N) is 1. The van der Waals surface area contributed by atoms with Crippen molar-refractivity contribution in [2.24, 2.45) is 23.5 Å². The first-order chi connectivity index (χ1) is 8.92. The van der Waals surface area contributed by atoms with Crippen molar-refractivity contribution in [2.75, 3.05) is 13.1 Å². The van der Waals surface area contributed by atoms with Gasteiger partial charge < -0.3 is 16.2 Å². The van der Waals surface area contributed by atoms with E-state index in [2.05, 4.69) is 19.2 Å². The third-order valence-electron chi connectivity index (χ3n) is 3.63. The first-order valence-electron chi connectivity index (χ1n) is 7.11. The number of amides is 1. The molecule has 0 radical (unpaired) electrons. The van der Waals surface area contributed by atoms with Crippen LogP contribution in [0.1, 0.15) is 46.5 Å². The van der Waals surface area contributed by atoms with E-state index < -0.39 is 5.97 Å². The second-order valence-electron chi connectivity index (χ2n) is 5.36. The van der Waals surface area contributed by atoms with Gasteiger partial charge in [-0.25, -0.2) is 0 Å². The van der Waals surface area contributed by atoms with Crippen molar-refractivity contribution in [1.29, 1.82) is 0 Å². The van der Waals surface area contributed by atoms with Crippen LogP contribution in [-0.4, -0.2) is 30.1 Å². The summed E-state index contributed by atoms with van der Waals surface area (Å²) in [4.78, 5) is 22.3. The molecule has 0 aromatic carbocycles. The molecule has 0 aromatic heterocycles. The van der Waals surface area contributed by atoms with E-state index in [1.807, 2.05) is 6.92 Å². The molecule has 0 bridgehead atoms. The van der Waals surface area contributed by atoms with Crippen molar-refractivity contribution in [3.8, 4) is 0 Å². The maximum Gasteiger partial charge on any atom is 0.303 e. The molecule has 5 heteroatoms. The molecule has 0 fully saturated rings. The molecule has 19 heavy (non-hydrogen) atoms. The lowest BCUT2D eigenvalue weighted by atomic mass is 9.88. The van der Waals surface area contributed by atoms with E-state index in [1.54, 1.807) is 0 Å². The fraction of sp³-hybridized carbons (Fsp3) is 0.857. The molecular weight excluding hydrogens is 244 g/mol. The SMILES string of the molecule is CCC(CN)C(=O)NCCC(CCC(=O)O)C(C)C. The summed E-state index contributed by atoms with van der Waals surface area (Å²) < 4.78 is 0. The van der Waals surface area contributed by atoms with E-state index in [0.717, 1.165) is 12.8 Å². The van der Waals surface area contributed by atoms with Crippen LogP contribution in [0.25, 0.3) is 0 Å². The number of hydrogen-bond donors (Lipinski definition) is 3. The van der Waals surface area contributed by atoms with Gasteiger partial charge in [0.15, 0.2) is 0 Å². The van der Waals surface area contributed by atoms with Gasteiger partial charge in [-0.15, -0.1) is 0 Å². The molecule has 0 saturated heterocycles. The molecule has 0 aliphatic rings. The van der Waals surface area contributed by atoms with Gasteiger partial charge in [0.25, 0.3) is 0 Å². The van der Waals surface area contributed by atoms with Crippen molar-refractivity contribution in [2.45, 2.75) is 46.5 Å². The van der Waals surface area contributed by atoms with Crippen molar-refractivity contribution < 1.29 is 14.7 Å². The second kappa shape index (κ2) is 9.78. The summed E-state index contributed by atoms with van der Waals surface area (Å²) in [5.41, 5.74) is 5.52. The predicted molar refractivity (Wildman–Crippen MR) is 75.7 cm³/mol. The number of hydrogen-bond acceptors (Lipinski definition) is 3. The number of carboxylic acid groups (broad SMARTS) is 1. The summed E-state index contributed by atoms with van der Waals surface area (Å²) in [6.45, 7) is 7.08. The first kappa shape index (κ1) is 17.9. The minimum atomic E-state index is -0.760. The van der Waals surface area contributed by atoms with Gasteiger partial charge in [-0.05, 0) is 31.1 Å². The Bertz CT molecular complexity index is 276. The van der Waals surface area contributed by atoms with Gasteiger partial charge in [0, 0.05) is 25.4 Å². The van der Waals surface area contributed by atoms with Crippen LogP contribution in [-0.2, 0) is 9.59 Å². The summed E-state index contributed by atoms with van der Waals surface area (Å²) in [6, 6.07) is 0. The fourth-order valence-electron chi connectivity index (χ4n) is 2.10. The molecule has 0 heterocycles. The molecule has 0 saturated carbocycles. The van der Waals surface area contributed by atoms with Crippen molar-refractivity contribution in [3.63, 3.8) is 0 Å². The van der Waals surface area contributed by atoms with Crippen LogP contribution >= 0.6 is 0 Å². The summed E-state index contributed by atoms with van der Waals surface area (Å²) >= 11 is 0. The number of carboxylic acids is 1. The summed E-state index contributed by atoms with van der Waals surface area (Å²) in [6.07, 6.45) is 2.42. The Kier molecular flexibility index (Phi) is 9.21. The van der Waals surface area contributed by atoms with Crippen LogP contribution < -0.4 is 11.1 Å². The zero-order valence-electron chi connectivity index (χ0n) is 12.3. The highest BCUT2D eigenvalue weighted by molar-refractivity contribution is 5.78. The van der Waals surface area contributed by atoms with E-state index in [0.29, 0.717) is 31.3 Å². The smallest absolute Gasteiger partial charge is 0.303 e. The average molecular weight is 272 g/mol. The van der Waals surface area contributed by atoms with E-state index >= 15 is 0 Å². The molecule has 0 spiro atoms. The molecule has 112 valence electrons. The van der Waals surface area contributed by atoms with Crippen LogP contribution in [0.2, 0.25) is 0 Å². The standard InChI is InChI=1S/C14H28N2O3/c1-4-11(9-15)14(19)16-8-7-12(10(2)3)5-6-13(17)18/h10-12H,4-9,15H2,1-3H3,(H,16,19)(H,17,18). The molecule has 0 aliphatic carbocycles. The van der Waals surface area contributed by atoms with Gasteiger partial charge in [-0.2, -0.15) is 0 Å². The quantitative estimate of drug-likeness (QED) is 0.563. The van der Waals surface area contributed by atoms with Gasteiger partial charge in [0.1, 0.15) is 0 Å². The van der Waals surface area contributed by atoms with E-state index in [1.165, 1.54) is 0 Å². The van der Waals surface area contributed by atoms with Gasteiger partial charge in [0.05, 0.1) is 0 Å². The maximum atomic E-state index is 11.7. The second-order valence-corrected chi connectivity index (χ2v) is 5.36. The van der Waals surface area contributed by atoms with Crippen molar-refractivity contribution in [3.05, 3.63) is 0 Å².